The van der Waals surface area contributed by atoms with Gasteiger partial charge >= 0.3 is 0 Å². The van der Waals surface area contributed by atoms with E-state index in [0.29, 0.717) is 0 Å². The van der Waals surface area contributed by atoms with Crippen molar-refractivity contribution in [2.75, 3.05) is 0 Å². The summed E-state index contributed by atoms with van der Waals surface area (Å²) in [6.45, 7) is 4.68. The molecular formula is C22H35. The summed E-state index contributed by atoms with van der Waals surface area (Å²) >= 11 is 0. The van der Waals surface area contributed by atoms with Gasteiger partial charge in [-0.2, -0.15) is 0 Å². The van der Waals surface area contributed by atoms with Crippen molar-refractivity contribution in [1.82, 2.24) is 0 Å². The first-order chi connectivity index (χ1) is 10.8. The van der Waals surface area contributed by atoms with Crippen LogP contribution in [0.5, 0.6) is 0 Å². The average Bonchev–Trinajstić information content (AvgIpc) is 2.57. The normalized spacial score (nSPS) is 22.1. The molecule has 1 radical (unpaired) electrons. The molecule has 0 amide bonds. The van der Waals surface area contributed by atoms with Crippen LogP contribution in [0.4, 0.5) is 0 Å². The Balaban J connectivity index is 1.65. The Morgan fingerprint density at radius 2 is 1.73 bits per heavy atom. The van der Waals surface area contributed by atoms with Crippen LogP contribution in [0.2, 0.25) is 0 Å². The highest BCUT2D eigenvalue weighted by Crippen LogP contribution is 2.37. The van der Waals surface area contributed by atoms with Crippen LogP contribution in [0.1, 0.15) is 96.0 Å². The van der Waals surface area contributed by atoms with Gasteiger partial charge in [0.1, 0.15) is 0 Å². The molecule has 1 aromatic rings. The van der Waals surface area contributed by atoms with Crippen LogP contribution in [0.15, 0.2) is 24.3 Å². The lowest BCUT2D eigenvalue weighted by atomic mass is 9.76. The van der Waals surface area contributed by atoms with E-state index >= 15 is 0 Å². The zero-order chi connectivity index (χ0) is 15.6. The van der Waals surface area contributed by atoms with Crippen molar-refractivity contribution in [2.24, 2.45) is 11.8 Å². The third-order valence-corrected chi connectivity index (χ3v) is 5.64. The van der Waals surface area contributed by atoms with E-state index in [1.165, 1.54) is 76.2 Å². The van der Waals surface area contributed by atoms with Gasteiger partial charge in [0.15, 0.2) is 0 Å². The molecule has 0 N–H and O–H groups in total. The monoisotopic (exact) mass is 299 g/mol. The highest BCUT2D eigenvalue weighted by molar-refractivity contribution is 5.18. The highest BCUT2D eigenvalue weighted by atomic mass is 14.3. The molecular weight excluding hydrogens is 264 g/mol. The fourth-order valence-electron chi connectivity index (χ4n) is 4.37. The van der Waals surface area contributed by atoms with Crippen molar-refractivity contribution in [1.29, 1.82) is 0 Å². The molecule has 0 atom stereocenters. The molecule has 123 valence electrons. The predicted molar refractivity (Wildman–Crippen MR) is 97.1 cm³/mol. The maximum atomic E-state index is 3.44. The van der Waals surface area contributed by atoms with Crippen LogP contribution in [-0.2, 0) is 0 Å². The summed E-state index contributed by atoms with van der Waals surface area (Å²) in [7, 11) is 0. The molecule has 0 heterocycles. The number of rotatable bonds is 9. The van der Waals surface area contributed by atoms with Crippen molar-refractivity contribution in [3.8, 4) is 0 Å². The lowest BCUT2D eigenvalue weighted by Crippen LogP contribution is -2.14. The second kappa shape index (κ2) is 10.1. The first-order valence-electron chi connectivity index (χ1n) is 9.80. The fraction of sp³-hybridized carbons (Fsp3) is 0.727. The van der Waals surface area contributed by atoms with Gasteiger partial charge in [-0.1, -0.05) is 83.1 Å². The summed E-state index contributed by atoms with van der Waals surface area (Å²) in [5.41, 5.74) is 1.45. The van der Waals surface area contributed by atoms with E-state index in [1.54, 1.807) is 0 Å². The molecule has 1 saturated carbocycles. The van der Waals surface area contributed by atoms with Gasteiger partial charge in [-0.25, -0.2) is 0 Å². The van der Waals surface area contributed by atoms with Crippen LogP contribution >= 0.6 is 0 Å². The summed E-state index contributed by atoms with van der Waals surface area (Å²) in [6, 6.07) is 12.0. The molecule has 0 saturated heterocycles. The Kier molecular flexibility index (Phi) is 8.05. The van der Waals surface area contributed by atoms with Crippen molar-refractivity contribution in [2.45, 2.75) is 90.4 Å². The summed E-state index contributed by atoms with van der Waals surface area (Å²) in [4.78, 5) is 0. The molecule has 0 aromatic heterocycles. The molecule has 1 aliphatic carbocycles. The van der Waals surface area contributed by atoms with Crippen LogP contribution < -0.4 is 0 Å². The number of hydrogen-bond donors (Lipinski definition) is 0. The smallest absolute Gasteiger partial charge is 0.0146 e. The molecule has 22 heavy (non-hydrogen) atoms. The molecule has 2 rings (SSSR count). The summed E-state index contributed by atoms with van der Waals surface area (Å²) in [5, 5.41) is 0. The Bertz CT molecular complexity index is 366. The van der Waals surface area contributed by atoms with Crippen molar-refractivity contribution < 1.29 is 0 Å². The molecule has 0 heteroatoms. The van der Waals surface area contributed by atoms with Crippen LogP contribution in [-0.4, -0.2) is 0 Å². The first-order valence-corrected chi connectivity index (χ1v) is 9.80. The Hall–Kier alpha value is -0.780. The largest absolute Gasteiger partial charge is 0.0654 e. The Morgan fingerprint density at radius 3 is 2.32 bits per heavy atom. The SMILES string of the molecule is CCCC(CCC)CCC[C@H]1CC[C@H](c2[c]cccc2)CC1. The predicted octanol–water partition coefficient (Wildman–Crippen LogP) is 7.15. The van der Waals surface area contributed by atoms with Gasteiger partial charge in [0, 0.05) is 0 Å². The molecule has 0 unspecified atom stereocenters. The van der Waals surface area contributed by atoms with Gasteiger partial charge in [-0.05, 0) is 55.1 Å². The van der Waals surface area contributed by atoms with E-state index in [0.717, 1.165) is 17.8 Å². The average molecular weight is 300 g/mol. The Labute approximate surface area is 138 Å². The minimum absolute atomic E-state index is 0.783. The van der Waals surface area contributed by atoms with Gasteiger partial charge in [0.25, 0.3) is 0 Å². The summed E-state index contributed by atoms with van der Waals surface area (Å²) in [6.07, 6.45) is 15.7. The number of benzene rings is 1. The standard InChI is InChI=1S/C22H35/c1-3-9-19(10-4-2)11-8-12-20-15-17-22(18-16-20)21-13-6-5-7-14-21/h5-7,13,19-20,22H,3-4,8-12,15-18H2,1-2H3/t20-,22-. The van der Waals surface area contributed by atoms with E-state index in [4.69, 9.17) is 0 Å². The van der Waals surface area contributed by atoms with Crippen LogP contribution in [0, 0.1) is 17.9 Å². The maximum Gasteiger partial charge on any atom is -0.0146 e. The van der Waals surface area contributed by atoms with Crippen molar-refractivity contribution in [3.63, 3.8) is 0 Å². The van der Waals surface area contributed by atoms with E-state index in [1.807, 2.05) is 0 Å². The van der Waals surface area contributed by atoms with Gasteiger partial charge in [-0.3, -0.25) is 0 Å². The van der Waals surface area contributed by atoms with Gasteiger partial charge in [-0.15, -0.1) is 0 Å². The first kappa shape index (κ1) is 17.6. The van der Waals surface area contributed by atoms with Gasteiger partial charge in [0.05, 0.1) is 0 Å². The fourth-order valence-corrected chi connectivity index (χ4v) is 4.37. The zero-order valence-electron chi connectivity index (χ0n) is 14.8. The van der Waals surface area contributed by atoms with E-state index in [9.17, 15) is 0 Å². The lowest BCUT2D eigenvalue weighted by Gasteiger charge is -2.29. The van der Waals surface area contributed by atoms with Crippen LogP contribution in [0.3, 0.4) is 0 Å². The summed E-state index contributed by atoms with van der Waals surface area (Å²) < 4.78 is 0. The lowest BCUT2D eigenvalue weighted by molar-refractivity contribution is 0.289. The second-order valence-corrected chi connectivity index (χ2v) is 7.41. The van der Waals surface area contributed by atoms with E-state index < -0.39 is 0 Å². The highest BCUT2D eigenvalue weighted by Gasteiger charge is 2.22. The Morgan fingerprint density at radius 1 is 1.00 bits per heavy atom. The van der Waals surface area contributed by atoms with Gasteiger partial charge < -0.3 is 0 Å². The van der Waals surface area contributed by atoms with E-state index in [2.05, 4.69) is 44.2 Å². The van der Waals surface area contributed by atoms with E-state index in [-0.39, 0.29) is 0 Å². The molecule has 0 nitrogen and oxygen atoms in total. The zero-order valence-corrected chi connectivity index (χ0v) is 14.8. The molecule has 1 fully saturated rings. The molecule has 1 aliphatic rings. The minimum Gasteiger partial charge on any atom is -0.0654 e. The minimum atomic E-state index is 0.783. The van der Waals surface area contributed by atoms with Crippen molar-refractivity contribution >= 4 is 0 Å². The third-order valence-electron chi connectivity index (χ3n) is 5.64. The van der Waals surface area contributed by atoms with Crippen molar-refractivity contribution in [3.05, 3.63) is 35.9 Å². The molecule has 0 bridgehead atoms. The van der Waals surface area contributed by atoms with Gasteiger partial charge in [0.2, 0.25) is 0 Å². The third kappa shape index (κ3) is 5.78. The molecule has 1 aromatic carbocycles. The quantitative estimate of drug-likeness (QED) is 0.454. The second-order valence-electron chi connectivity index (χ2n) is 7.41. The van der Waals surface area contributed by atoms with Crippen LogP contribution in [0.25, 0.3) is 0 Å². The number of hydrogen-bond acceptors (Lipinski definition) is 0. The molecule has 0 aliphatic heterocycles. The summed E-state index contributed by atoms with van der Waals surface area (Å²) in [5.74, 6) is 2.79. The molecule has 0 spiro atoms. The topological polar surface area (TPSA) is 0 Å². The maximum absolute atomic E-state index is 3.44.